The van der Waals surface area contributed by atoms with E-state index >= 15 is 0 Å². The minimum atomic E-state index is -3.80. The second-order valence-corrected chi connectivity index (χ2v) is 7.26. The smallest absolute Gasteiger partial charge is 0.347 e. The first kappa shape index (κ1) is 14.4. The molecule has 1 aromatic rings. The van der Waals surface area contributed by atoms with Gasteiger partial charge < -0.3 is 10.2 Å². The van der Waals surface area contributed by atoms with Gasteiger partial charge >= 0.3 is 5.97 Å². The van der Waals surface area contributed by atoms with Gasteiger partial charge in [0, 0.05) is 6.54 Å². The average Bonchev–Trinajstić information content (AvgIpc) is 2.94. The molecule has 8 heteroatoms. The summed E-state index contributed by atoms with van der Waals surface area (Å²) in [6.45, 7) is 0.230. The van der Waals surface area contributed by atoms with Crippen LogP contribution in [0.25, 0.3) is 0 Å². The minimum Gasteiger partial charge on any atom is -0.477 e. The van der Waals surface area contributed by atoms with Crippen LogP contribution < -0.4 is 4.72 Å². The van der Waals surface area contributed by atoms with Crippen LogP contribution in [0.3, 0.4) is 0 Å². The van der Waals surface area contributed by atoms with Gasteiger partial charge in [-0.2, -0.15) is 0 Å². The maximum atomic E-state index is 12.0. The predicted octanol–water partition coefficient (Wildman–Crippen LogP) is 0.886. The summed E-state index contributed by atoms with van der Waals surface area (Å²) in [5.74, 6) is -1.14. The molecule has 1 fully saturated rings. The van der Waals surface area contributed by atoms with Crippen LogP contribution in [0.4, 0.5) is 0 Å². The van der Waals surface area contributed by atoms with Crippen LogP contribution in [-0.2, 0) is 10.0 Å². The Bertz CT molecular complexity index is 565. The Morgan fingerprint density at radius 2 is 2.21 bits per heavy atom. The SMILES string of the molecule is O=C(O)c1sccc1S(=O)(=O)NCC1CCC(O)C1. The summed E-state index contributed by atoms with van der Waals surface area (Å²) in [7, 11) is -3.80. The lowest BCUT2D eigenvalue weighted by Gasteiger charge is -2.11. The Hall–Kier alpha value is -0.960. The Labute approximate surface area is 115 Å². The van der Waals surface area contributed by atoms with E-state index in [2.05, 4.69) is 4.72 Å². The molecule has 19 heavy (non-hydrogen) atoms. The lowest BCUT2D eigenvalue weighted by molar-refractivity contribution is 0.0698. The van der Waals surface area contributed by atoms with Crippen LogP contribution in [0.2, 0.25) is 0 Å². The quantitative estimate of drug-likeness (QED) is 0.749. The molecule has 2 atom stereocenters. The third-order valence-electron chi connectivity index (χ3n) is 3.19. The summed E-state index contributed by atoms with van der Waals surface area (Å²) in [6.07, 6.45) is 1.69. The third kappa shape index (κ3) is 3.33. The zero-order valence-electron chi connectivity index (χ0n) is 10.1. The van der Waals surface area contributed by atoms with Crippen molar-refractivity contribution >= 4 is 27.3 Å². The van der Waals surface area contributed by atoms with Crippen molar-refractivity contribution in [2.45, 2.75) is 30.3 Å². The molecule has 1 aliphatic carbocycles. The van der Waals surface area contributed by atoms with Gasteiger partial charge in [-0.1, -0.05) is 0 Å². The molecule has 0 radical (unpaired) electrons. The van der Waals surface area contributed by atoms with E-state index in [1.54, 1.807) is 0 Å². The first-order valence-electron chi connectivity index (χ1n) is 5.88. The van der Waals surface area contributed by atoms with Crippen LogP contribution in [0.1, 0.15) is 28.9 Å². The van der Waals surface area contributed by atoms with Crippen LogP contribution >= 0.6 is 11.3 Å². The second-order valence-electron chi connectivity index (χ2n) is 4.60. The van der Waals surface area contributed by atoms with Gasteiger partial charge in [0.2, 0.25) is 10.0 Å². The normalized spacial score (nSPS) is 23.6. The molecule has 6 nitrogen and oxygen atoms in total. The van der Waals surface area contributed by atoms with Gasteiger partial charge in [0.15, 0.2) is 0 Å². The highest BCUT2D eigenvalue weighted by Gasteiger charge is 2.27. The van der Waals surface area contributed by atoms with Gasteiger partial charge in [-0.3, -0.25) is 0 Å². The number of rotatable bonds is 5. The van der Waals surface area contributed by atoms with E-state index in [1.807, 2.05) is 0 Å². The summed E-state index contributed by atoms with van der Waals surface area (Å²) in [6, 6.07) is 1.29. The zero-order valence-corrected chi connectivity index (χ0v) is 11.7. The van der Waals surface area contributed by atoms with Gasteiger partial charge in [-0.05, 0) is 36.6 Å². The largest absolute Gasteiger partial charge is 0.477 e. The van der Waals surface area contributed by atoms with Gasteiger partial charge in [-0.25, -0.2) is 17.9 Å². The molecule has 1 saturated carbocycles. The summed E-state index contributed by atoms with van der Waals surface area (Å²) in [4.78, 5) is 10.5. The van der Waals surface area contributed by atoms with E-state index in [9.17, 15) is 18.3 Å². The first-order chi connectivity index (χ1) is 8.90. The van der Waals surface area contributed by atoms with Gasteiger partial charge in [0.05, 0.1) is 6.10 Å². The molecule has 0 spiro atoms. The Morgan fingerprint density at radius 1 is 1.47 bits per heavy atom. The first-order valence-corrected chi connectivity index (χ1v) is 8.25. The monoisotopic (exact) mass is 305 g/mol. The zero-order chi connectivity index (χ0) is 14.0. The average molecular weight is 305 g/mol. The molecule has 1 heterocycles. The molecular formula is C11H15NO5S2. The Morgan fingerprint density at radius 3 is 2.79 bits per heavy atom. The number of carboxylic acid groups (broad SMARTS) is 1. The fourth-order valence-electron chi connectivity index (χ4n) is 2.20. The number of aromatic carboxylic acids is 1. The number of sulfonamides is 1. The van der Waals surface area contributed by atoms with E-state index < -0.39 is 16.0 Å². The van der Waals surface area contributed by atoms with Crippen LogP contribution in [-0.4, -0.2) is 37.2 Å². The summed E-state index contributed by atoms with van der Waals surface area (Å²) >= 11 is 0.884. The number of thiophene rings is 1. The van der Waals surface area contributed by atoms with Crippen LogP contribution in [0.5, 0.6) is 0 Å². The van der Waals surface area contributed by atoms with E-state index in [-0.39, 0.29) is 28.3 Å². The highest BCUT2D eigenvalue weighted by Crippen LogP contribution is 2.26. The van der Waals surface area contributed by atoms with Crippen molar-refractivity contribution in [3.63, 3.8) is 0 Å². The van der Waals surface area contributed by atoms with Crippen molar-refractivity contribution in [1.82, 2.24) is 4.72 Å². The summed E-state index contributed by atoms with van der Waals surface area (Å²) < 4.78 is 26.5. The van der Waals surface area contributed by atoms with Crippen molar-refractivity contribution in [3.8, 4) is 0 Å². The molecule has 0 amide bonds. The highest BCUT2D eigenvalue weighted by atomic mass is 32.2. The second kappa shape index (κ2) is 5.58. The van der Waals surface area contributed by atoms with Crippen LogP contribution in [0, 0.1) is 5.92 Å². The molecule has 106 valence electrons. The lowest BCUT2D eigenvalue weighted by atomic mass is 10.1. The fourth-order valence-corrected chi connectivity index (χ4v) is 4.58. The molecule has 1 aromatic heterocycles. The summed E-state index contributed by atoms with van der Waals surface area (Å²) in [5, 5.41) is 19.7. The number of hydrogen-bond donors (Lipinski definition) is 3. The topological polar surface area (TPSA) is 104 Å². The molecule has 1 aliphatic rings. The molecule has 3 N–H and O–H groups in total. The molecule has 0 saturated heterocycles. The van der Waals surface area contributed by atoms with Crippen molar-refractivity contribution in [2.24, 2.45) is 5.92 Å². The summed E-state index contributed by atoms with van der Waals surface area (Å²) in [5.41, 5.74) is 0. The van der Waals surface area contributed by atoms with E-state index in [1.165, 1.54) is 11.4 Å². The van der Waals surface area contributed by atoms with Gasteiger partial charge in [0.1, 0.15) is 9.77 Å². The maximum Gasteiger partial charge on any atom is 0.347 e. The molecule has 2 unspecified atom stereocenters. The number of aliphatic hydroxyl groups is 1. The number of carboxylic acids is 1. The fraction of sp³-hybridized carbons (Fsp3) is 0.545. The maximum absolute atomic E-state index is 12.0. The molecule has 0 aromatic carbocycles. The van der Waals surface area contributed by atoms with Gasteiger partial charge in [0.25, 0.3) is 0 Å². The molecule has 0 bridgehead atoms. The lowest BCUT2D eigenvalue weighted by Crippen LogP contribution is -2.29. The van der Waals surface area contributed by atoms with Gasteiger partial charge in [-0.15, -0.1) is 11.3 Å². The van der Waals surface area contributed by atoms with E-state index in [4.69, 9.17) is 5.11 Å². The van der Waals surface area contributed by atoms with E-state index in [0.29, 0.717) is 12.8 Å². The van der Waals surface area contributed by atoms with Crippen LogP contribution in [0.15, 0.2) is 16.3 Å². The third-order valence-corrected chi connectivity index (χ3v) is 5.69. The number of aliphatic hydroxyl groups excluding tert-OH is 1. The van der Waals surface area contributed by atoms with Crippen molar-refractivity contribution in [2.75, 3.05) is 6.54 Å². The molecular weight excluding hydrogens is 290 g/mol. The van der Waals surface area contributed by atoms with Crippen molar-refractivity contribution in [1.29, 1.82) is 0 Å². The Kier molecular flexibility index (Phi) is 4.24. The molecule has 0 aliphatic heterocycles. The Balaban J connectivity index is 2.06. The molecule has 2 rings (SSSR count). The number of hydrogen-bond acceptors (Lipinski definition) is 5. The number of nitrogens with one attached hydrogen (secondary N) is 1. The number of carbonyl (C=O) groups is 1. The van der Waals surface area contributed by atoms with Crippen molar-refractivity contribution < 1.29 is 23.4 Å². The highest BCUT2D eigenvalue weighted by molar-refractivity contribution is 7.89. The van der Waals surface area contributed by atoms with E-state index in [0.717, 1.165) is 17.8 Å². The minimum absolute atomic E-state index is 0.108. The predicted molar refractivity (Wildman–Crippen MR) is 69.8 cm³/mol. The standard InChI is InChI=1S/C11H15NO5S2/c13-8-2-1-7(5-8)6-12-19(16,17)9-3-4-18-10(9)11(14)15/h3-4,7-8,12-13H,1-2,5-6H2,(H,14,15). The van der Waals surface area contributed by atoms with Crippen molar-refractivity contribution in [3.05, 3.63) is 16.3 Å².